The first-order valence-electron chi connectivity index (χ1n) is 50.8. The monoisotopic (exact) mass is 1890 g/mol. The molecule has 6 atom stereocenters. The van der Waals surface area contributed by atoms with Crippen molar-refractivity contribution in [3.8, 4) is 44.5 Å². The molecule has 0 aliphatic carbocycles. The smallest absolute Gasteiger partial charge is 0.0862 e. The van der Waals surface area contributed by atoms with Crippen molar-refractivity contribution in [2.75, 3.05) is 29.4 Å². The predicted octanol–water partition coefficient (Wildman–Crippen LogP) is 34.9. The summed E-state index contributed by atoms with van der Waals surface area (Å²) in [6, 6.07) is 165. The molecule has 0 amide bonds. The van der Waals surface area contributed by atoms with Crippen molar-refractivity contribution in [3.05, 3.63) is 544 Å². The van der Waals surface area contributed by atoms with Gasteiger partial charge in [-0.2, -0.15) is 0 Å². The van der Waals surface area contributed by atoms with Crippen LogP contribution in [0.3, 0.4) is 0 Å². The van der Waals surface area contributed by atoms with Gasteiger partial charge < -0.3 is 29.4 Å². The fourth-order valence-corrected chi connectivity index (χ4v) is 24.9. The van der Waals surface area contributed by atoms with E-state index < -0.39 is 0 Å². The molecule has 148 heavy (non-hydrogen) atoms. The summed E-state index contributed by atoms with van der Waals surface area (Å²) in [6.07, 6.45) is 19.2. The van der Waals surface area contributed by atoms with Gasteiger partial charge in [0.2, 0.25) is 0 Å². The molecule has 694 valence electrons. The van der Waals surface area contributed by atoms with Gasteiger partial charge in [-0.25, -0.2) is 0 Å². The summed E-state index contributed by atoms with van der Waals surface area (Å²) in [5.41, 5.74) is 32.9. The van der Waals surface area contributed by atoms with Gasteiger partial charge >= 0.3 is 0 Å². The molecule has 12 heteroatoms. The highest BCUT2D eigenvalue weighted by molar-refractivity contribution is 6.05. The van der Waals surface area contributed by atoms with Crippen molar-refractivity contribution in [2.24, 2.45) is 0 Å². The van der Waals surface area contributed by atoms with Crippen molar-refractivity contribution in [1.29, 1.82) is 0 Å². The predicted molar refractivity (Wildman–Crippen MR) is 610 cm³/mol. The second kappa shape index (κ2) is 34.2. The zero-order chi connectivity index (χ0) is 97.1. The van der Waals surface area contributed by atoms with Gasteiger partial charge in [0.15, 0.2) is 0 Å². The van der Waals surface area contributed by atoms with Crippen molar-refractivity contribution >= 4 is 176 Å². The third kappa shape index (κ3) is 14.0. The zero-order valence-electron chi connectivity index (χ0n) is 80.3. The van der Waals surface area contributed by atoms with E-state index in [0.717, 1.165) is 89.1 Å². The van der Waals surface area contributed by atoms with Crippen molar-refractivity contribution in [1.82, 2.24) is 29.9 Å². The first-order chi connectivity index (χ1) is 73.3. The molecule has 6 aliphatic heterocycles. The first kappa shape index (κ1) is 84.4. The number of anilines is 12. The van der Waals surface area contributed by atoms with Gasteiger partial charge in [0, 0.05) is 173 Å². The molecule has 0 bridgehead atoms. The summed E-state index contributed by atoms with van der Waals surface area (Å²) >= 11 is 0. The molecule has 32 rings (SSSR count). The second-order valence-electron chi connectivity index (χ2n) is 39.8. The van der Waals surface area contributed by atoms with Gasteiger partial charge in [0.25, 0.3) is 0 Å². The van der Waals surface area contributed by atoms with Crippen LogP contribution in [0.4, 0.5) is 68.2 Å². The topological polar surface area (TPSA) is 96.8 Å². The van der Waals surface area contributed by atoms with Crippen LogP contribution >= 0.6 is 0 Å². The molecule has 12 heterocycles. The number of nitrogens with zero attached hydrogens (tertiary/aromatic N) is 12. The van der Waals surface area contributed by atoms with Crippen LogP contribution in [0.2, 0.25) is 0 Å². The molecule has 0 N–H and O–H groups in total. The summed E-state index contributed by atoms with van der Waals surface area (Å²) in [5.74, 6) is 0. The Kier molecular flexibility index (Phi) is 19.5. The number of aromatic nitrogens is 6. The summed E-state index contributed by atoms with van der Waals surface area (Å²) in [4.78, 5) is 43.5. The summed E-state index contributed by atoms with van der Waals surface area (Å²) in [6.45, 7) is 0. The molecule has 20 aromatic carbocycles. The lowest BCUT2D eigenvalue weighted by atomic mass is 9.96. The average Bonchev–Trinajstić information content (AvgIpc) is 1.54. The lowest BCUT2D eigenvalue weighted by molar-refractivity contribution is 0.634. The number of benzene rings is 20. The maximum atomic E-state index is 4.93. The van der Waals surface area contributed by atoms with Crippen LogP contribution in [-0.4, -0.2) is 29.9 Å². The van der Waals surface area contributed by atoms with Gasteiger partial charge in [0.1, 0.15) is 0 Å². The standard InChI is InChI=1S/C54H36N6.C42H28N2.C40H26N4/c1-3-11-37-29-51-49(27-35(37)9-1)53-54(59(51)47-23-43(39-13-5-17-55-31-39)21-44(24-47)40-14-6-18-56-32-40)50-28-36-10-2-4-12-38(36)30-52(50)60(53)48-25-45(41-15-7-19-57-33-41)22-46(26-48)42-16-8-20-58-34-42;1-3-11-29-21-35(19-17-27(29)9-1)43-39-25-33-15-7-5-13-31(33)23-37(39)42-41(43)38-24-32-14-6-8-16-34(32)26-40(38)44(42)36-20-18-28-10-2-4-12-30(28)22-36;1-3-11-27-21-37-33(19-25(27)9-1)39-40(43(37)31-17-29-13-5-7-15-35(29)41-23-31)34-20-26-10-2-4-12-28(26)22-38(34)44(39)32-18-30-14-6-8-16-36(30)42-24-32/h1-34,53-54H;1-26,41-42H;1-24,39-40H. The van der Waals surface area contributed by atoms with E-state index in [0.29, 0.717) is 0 Å². The van der Waals surface area contributed by atoms with Crippen molar-refractivity contribution in [2.45, 2.75) is 36.3 Å². The van der Waals surface area contributed by atoms with Crippen LogP contribution in [0.5, 0.6) is 0 Å². The van der Waals surface area contributed by atoms with Gasteiger partial charge in [-0.05, 0) is 290 Å². The number of hydrogen-bond donors (Lipinski definition) is 0. The SMILES string of the molecule is c1ccc2cc(N3c4cc5ccccc5cc4C4C3c3cc5ccccc5cc3N4c3ccc4ccccc4c3)ccc2c1.c1ccc2cc3c(cc2c1)C1C(c2cc4ccccc4cc2N1c1cnc2ccccc2c1)N3c1cnc2ccccc2c1.c1cncc(-c2cc(-c3cccnc3)cc(N3c4cc5ccccc5cc4C4C3c3cc5ccccc5cc3N4c3cc(-c4cccnc4)cc(-c4cccnc4)c3)c2)c1. The number of rotatable bonds is 10. The Morgan fingerprint density at radius 3 is 0.581 bits per heavy atom. The van der Waals surface area contributed by atoms with E-state index in [4.69, 9.17) is 9.97 Å². The third-order valence-corrected chi connectivity index (χ3v) is 31.5. The minimum absolute atomic E-state index is 0.0517. The van der Waals surface area contributed by atoms with Crippen molar-refractivity contribution in [3.63, 3.8) is 0 Å². The van der Waals surface area contributed by atoms with E-state index in [1.807, 2.05) is 86.2 Å². The van der Waals surface area contributed by atoms with Gasteiger partial charge in [0.05, 0.1) is 71.1 Å². The molecule has 0 saturated heterocycles. The van der Waals surface area contributed by atoms with E-state index in [9.17, 15) is 0 Å². The number of fused-ring (bicyclic) bond motifs is 25. The quantitative estimate of drug-likeness (QED) is 0.130. The molecule has 6 aromatic heterocycles. The maximum Gasteiger partial charge on any atom is 0.0862 e. The Balaban J connectivity index is 0.000000104. The molecule has 0 spiro atoms. The summed E-state index contributed by atoms with van der Waals surface area (Å²) in [5, 5.41) is 22.3. The molecular weight excluding hydrogens is 1800 g/mol. The number of pyridine rings is 6. The van der Waals surface area contributed by atoms with Gasteiger partial charge in [-0.1, -0.05) is 267 Å². The minimum Gasteiger partial charge on any atom is -0.331 e. The number of para-hydroxylation sites is 2. The molecule has 0 saturated carbocycles. The van der Waals surface area contributed by atoms with E-state index in [-0.39, 0.29) is 36.3 Å². The highest BCUT2D eigenvalue weighted by atomic mass is 15.4. The Bertz CT molecular complexity index is 8870. The molecule has 26 aromatic rings. The second-order valence-corrected chi connectivity index (χ2v) is 39.8. The Morgan fingerprint density at radius 2 is 0.338 bits per heavy atom. The lowest BCUT2D eigenvalue weighted by Crippen LogP contribution is -2.24. The zero-order valence-corrected chi connectivity index (χ0v) is 80.3. The van der Waals surface area contributed by atoms with Crippen LogP contribution in [0.1, 0.15) is 69.6 Å². The molecule has 6 aliphatic rings. The molecular formula is C136H90N12. The van der Waals surface area contributed by atoms with E-state index >= 15 is 0 Å². The van der Waals surface area contributed by atoms with Gasteiger partial charge in [-0.3, -0.25) is 29.9 Å². The molecule has 12 nitrogen and oxygen atoms in total. The van der Waals surface area contributed by atoms with Crippen LogP contribution in [0.25, 0.3) is 152 Å². The average molecular weight is 1890 g/mol. The van der Waals surface area contributed by atoms with Crippen LogP contribution in [-0.2, 0) is 0 Å². The van der Waals surface area contributed by atoms with E-state index in [1.165, 1.54) is 165 Å². The normalized spacial score (nSPS) is 16.3. The minimum atomic E-state index is -0.0637. The summed E-state index contributed by atoms with van der Waals surface area (Å²) < 4.78 is 0. The first-order valence-corrected chi connectivity index (χ1v) is 50.8. The maximum absolute atomic E-state index is 4.93. The van der Waals surface area contributed by atoms with Crippen LogP contribution in [0, 0.1) is 0 Å². The van der Waals surface area contributed by atoms with Crippen molar-refractivity contribution < 1.29 is 0 Å². The van der Waals surface area contributed by atoms with Gasteiger partial charge in [-0.15, -0.1) is 0 Å². The fourth-order valence-electron chi connectivity index (χ4n) is 24.9. The van der Waals surface area contributed by atoms with Crippen LogP contribution in [0.15, 0.2) is 511 Å². The Morgan fingerprint density at radius 1 is 0.135 bits per heavy atom. The molecule has 0 radical (unpaired) electrons. The fraction of sp³-hybridized carbons (Fsp3) is 0.0441. The number of hydrogen-bond acceptors (Lipinski definition) is 12. The molecule has 0 fully saturated rings. The lowest BCUT2D eigenvalue weighted by Gasteiger charge is -2.30. The Labute approximate surface area is 854 Å². The van der Waals surface area contributed by atoms with E-state index in [2.05, 4.69) is 474 Å². The molecule has 6 unspecified atom stereocenters. The van der Waals surface area contributed by atoms with E-state index in [1.54, 1.807) is 0 Å². The summed E-state index contributed by atoms with van der Waals surface area (Å²) in [7, 11) is 0. The highest BCUT2D eigenvalue weighted by Gasteiger charge is 2.55. The highest BCUT2D eigenvalue weighted by Crippen LogP contribution is 2.68. The Hall–Kier alpha value is -19.3. The third-order valence-electron chi connectivity index (χ3n) is 31.5. The largest absolute Gasteiger partial charge is 0.331 e. The van der Waals surface area contributed by atoms with Crippen LogP contribution < -0.4 is 29.4 Å².